The van der Waals surface area contributed by atoms with Crippen LogP contribution in [0.2, 0.25) is 0 Å². The van der Waals surface area contributed by atoms with Crippen molar-refractivity contribution in [1.82, 2.24) is 4.90 Å². The van der Waals surface area contributed by atoms with Crippen LogP contribution >= 0.6 is 23.2 Å². The highest BCUT2D eigenvalue weighted by atomic mass is 35.5. The van der Waals surface area contributed by atoms with E-state index >= 15 is 0 Å². The smallest absolute Gasteiger partial charge is 0.163 e. The molecule has 1 atom stereocenters. The van der Waals surface area contributed by atoms with Gasteiger partial charge in [-0.2, -0.15) is 0 Å². The molecular formula is C21H28Cl2N2. The van der Waals surface area contributed by atoms with Gasteiger partial charge < -0.3 is 4.90 Å². The zero-order chi connectivity index (χ0) is 18.4. The maximum Gasteiger partial charge on any atom is 0.163 e. The first-order valence-corrected chi connectivity index (χ1v) is 9.66. The summed E-state index contributed by atoms with van der Waals surface area (Å²) in [4.78, 5) is 7.05. The van der Waals surface area contributed by atoms with Crippen LogP contribution in [0.4, 0.5) is 0 Å². The van der Waals surface area contributed by atoms with Gasteiger partial charge in [0.1, 0.15) is 0 Å². The topological polar surface area (TPSA) is 15.6 Å². The van der Waals surface area contributed by atoms with Gasteiger partial charge in [-0.25, -0.2) is 0 Å². The van der Waals surface area contributed by atoms with E-state index in [1.165, 1.54) is 12.8 Å². The van der Waals surface area contributed by atoms with E-state index in [-0.39, 0.29) is 6.04 Å². The fraction of sp³-hybridized carbons (Fsp3) is 0.476. The average molecular weight is 379 g/mol. The van der Waals surface area contributed by atoms with Crippen LogP contribution in [0, 0.1) is 0 Å². The quantitative estimate of drug-likeness (QED) is 0.586. The summed E-state index contributed by atoms with van der Waals surface area (Å²) in [5.41, 5.74) is 4.17. The first-order valence-electron chi connectivity index (χ1n) is 8.90. The SMILES string of the molecule is CCCCC(C1=N\CC(Cl)(Cl)c2ccccc2/C(C)=C/C=C\1)N(C)C. The minimum Gasteiger partial charge on any atom is -0.301 e. The lowest BCUT2D eigenvalue weighted by atomic mass is 9.96. The molecule has 0 saturated heterocycles. The van der Waals surface area contributed by atoms with Crippen LogP contribution in [-0.2, 0) is 4.33 Å². The molecule has 0 spiro atoms. The molecule has 0 radical (unpaired) electrons. The Kier molecular flexibility index (Phi) is 7.30. The average Bonchev–Trinajstić information content (AvgIpc) is 2.58. The Hall–Kier alpha value is -1.09. The first kappa shape index (κ1) is 20.2. The van der Waals surface area contributed by atoms with Crippen molar-refractivity contribution in [1.29, 1.82) is 0 Å². The third kappa shape index (κ3) is 5.20. The lowest BCUT2D eigenvalue weighted by molar-refractivity contribution is 0.340. The van der Waals surface area contributed by atoms with Crippen molar-refractivity contribution in [3.05, 3.63) is 53.6 Å². The molecule has 0 aliphatic carbocycles. The van der Waals surface area contributed by atoms with Gasteiger partial charge in [-0.3, -0.25) is 4.99 Å². The van der Waals surface area contributed by atoms with Gasteiger partial charge in [-0.05, 0) is 50.2 Å². The lowest BCUT2D eigenvalue weighted by Gasteiger charge is -2.27. The third-order valence-electron chi connectivity index (χ3n) is 4.62. The minimum absolute atomic E-state index is 0.267. The summed E-state index contributed by atoms with van der Waals surface area (Å²) in [5, 5.41) is 0. The van der Waals surface area contributed by atoms with E-state index in [0.29, 0.717) is 6.54 Å². The van der Waals surface area contributed by atoms with Crippen molar-refractivity contribution in [3.8, 4) is 0 Å². The zero-order valence-corrected chi connectivity index (χ0v) is 17.1. The van der Waals surface area contributed by atoms with Crippen LogP contribution in [0.3, 0.4) is 0 Å². The van der Waals surface area contributed by atoms with E-state index in [4.69, 9.17) is 28.2 Å². The Morgan fingerprint density at radius 1 is 1.24 bits per heavy atom. The molecular weight excluding hydrogens is 351 g/mol. The number of halogens is 2. The Morgan fingerprint density at radius 2 is 1.96 bits per heavy atom. The summed E-state index contributed by atoms with van der Waals surface area (Å²) in [6, 6.07) is 8.31. The summed E-state index contributed by atoms with van der Waals surface area (Å²) in [5.74, 6) is 0. The van der Waals surface area contributed by atoms with Crippen LogP contribution in [0.25, 0.3) is 5.57 Å². The van der Waals surface area contributed by atoms with E-state index in [2.05, 4.69) is 57.1 Å². The van der Waals surface area contributed by atoms with Crippen LogP contribution in [0.5, 0.6) is 0 Å². The molecule has 0 saturated carbocycles. The standard InChI is InChI=1S/C21H28Cl2N2/c1-5-6-14-20(25(3)4)19-13-9-10-16(2)17-11-7-8-12-18(17)21(22,23)15-24-19/h7-13,20H,5-6,14-15H2,1-4H3/b13-9-,16-10+,24-19-. The number of benzene rings is 1. The molecule has 1 aromatic carbocycles. The van der Waals surface area contributed by atoms with Gasteiger partial charge in [0, 0.05) is 0 Å². The van der Waals surface area contributed by atoms with Crippen molar-refractivity contribution in [3.63, 3.8) is 0 Å². The molecule has 0 bridgehead atoms. The highest BCUT2D eigenvalue weighted by molar-refractivity contribution is 6.48. The number of hydrogen-bond donors (Lipinski definition) is 0. The molecule has 4 heteroatoms. The number of nitrogens with zero attached hydrogens (tertiary/aromatic N) is 2. The third-order valence-corrected chi connectivity index (χ3v) is 5.26. The Morgan fingerprint density at radius 3 is 2.64 bits per heavy atom. The molecule has 1 heterocycles. The first-order chi connectivity index (χ1) is 11.9. The number of unbranched alkanes of at least 4 members (excludes halogenated alkanes) is 1. The molecule has 0 amide bonds. The van der Waals surface area contributed by atoms with Gasteiger partial charge in [-0.1, -0.05) is 79.4 Å². The van der Waals surface area contributed by atoms with Gasteiger partial charge in [0.05, 0.1) is 18.3 Å². The lowest BCUT2D eigenvalue weighted by Crippen LogP contribution is -2.35. The van der Waals surface area contributed by atoms with Crippen LogP contribution < -0.4 is 0 Å². The summed E-state index contributed by atoms with van der Waals surface area (Å²) >= 11 is 13.4. The maximum absolute atomic E-state index is 6.72. The van der Waals surface area contributed by atoms with Crippen LogP contribution in [-0.4, -0.2) is 37.3 Å². The van der Waals surface area contributed by atoms with E-state index in [9.17, 15) is 0 Å². The fourth-order valence-electron chi connectivity index (χ4n) is 3.14. The number of hydrogen-bond acceptors (Lipinski definition) is 2. The predicted octanol–water partition coefficient (Wildman–Crippen LogP) is 5.85. The fourth-order valence-corrected chi connectivity index (χ4v) is 3.59. The maximum atomic E-state index is 6.72. The van der Waals surface area contributed by atoms with Crippen molar-refractivity contribution in [2.24, 2.45) is 4.99 Å². The van der Waals surface area contributed by atoms with Crippen LogP contribution in [0.15, 0.2) is 47.5 Å². The second-order valence-corrected chi connectivity index (χ2v) is 8.31. The summed E-state index contributed by atoms with van der Waals surface area (Å²) in [6.07, 6.45) is 9.70. The van der Waals surface area contributed by atoms with Gasteiger partial charge in [0.25, 0.3) is 0 Å². The highest BCUT2D eigenvalue weighted by Gasteiger charge is 2.30. The number of alkyl halides is 2. The molecule has 1 aromatic rings. The van der Waals surface area contributed by atoms with Crippen molar-refractivity contribution in [2.75, 3.05) is 20.6 Å². The largest absolute Gasteiger partial charge is 0.301 e. The van der Waals surface area contributed by atoms with Gasteiger partial charge in [-0.15, -0.1) is 0 Å². The predicted molar refractivity (Wildman–Crippen MR) is 112 cm³/mol. The molecule has 25 heavy (non-hydrogen) atoms. The molecule has 1 unspecified atom stereocenters. The zero-order valence-electron chi connectivity index (χ0n) is 15.6. The van der Waals surface area contributed by atoms with Crippen molar-refractivity contribution in [2.45, 2.75) is 43.5 Å². The minimum atomic E-state index is -1.04. The number of fused-ring (bicyclic) bond motifs is 1. The van der Waals surface area contributed by atoms with E-state index < -0.39 is 4.33 Å². The van der Waals surface area contributed by atoms with E-state index in [0.717, 1.165) is 28.8 Å². The second kappa shape index (κ2) is 9.02. The summed E-state index contributed by atoms with van der Waals surface area (Å²) in [7, 11) is 4.20. The molecule has 136 valence electrons. The normalized spacial score (nSPS) is 23.8. The monoisotopic (exact) mass is 378 g/mol. The van der Waals surface area contributed by atoms with E-state index in [1.807, 2.05) is 18.2 Å². The number of allylic oxidation sites excluding steroid dienone is 3. The Balaban J connectivity index is 2.46. The summed E-state index contributed by atoms with van der Waals surface area (Å²) in [6.45, 7) is 4.64. The molecule has 2 rings (SSSR count). The molecule has 0 N–H and O–H groups in total. The number of rotatable bonds is 5. The molecule has 1 aliphatic rings. The van der Waals surface area contributed by atoms with E-state index in [1.54, 1.807) is 0 Å². The van der Waals surface area contributed by atoms with Gasteiger partial charge in [0.15, 0.2) is 4.33 Å². The van der Waals surface area contributed by atoms with Gasteiger partial charge in [0.2, 0.25) is 0 Å². The summed E-state index contributed by atoms with van der Waals surface area (Å²) < 4.78 is -1.04. The van der Waals surface area contributed by atoms with Gasteiger partial charge >= 0.3 is 0 Å². The molecule has 0 fully saturated rings. The van der Waals surface area contributed by atoms with Crippen molar-refractivity contribution >= 4 is 34.5 Å². The Labute approximate surface area is 162 Å². The molecule has 2 nitrogen and oxygen atoms in total. The molecule has 1 aliphatic heterocycles. The van der Waals surface area contributed by atoms with Crippen LogP contribution in [0.1, 0.15) is 44.2 Å². The number of aliphatic imine (C=N–C) groups is 1. The second-order valence-electron chi connectivity index (χ2n) is 6.82. The Bertz CT molecular complexity index is 672. The highest BCUT2D eigenvalue weighted by Crippen LogP contribution is 2.39. The molecule has 0 aromatic heterocycles. The van der Waals surface area contributed by atoms with Crippen molar-refractivity contribution < 1.29 is 0 Å².